The molecule has 1 amide bonds. The van der Waals surface area contributed by atoms with E-state index in [1.54, 1.807) is 12.1 Å². The highest BCUT2D eigenvalue weighted by Crippen LogP contribution is 2.23. The van der Waals surface area contributed by atoms with Gasteiger partial charge in [-0.2, -0.15) is 0 Å². The molecule has 1 aromatic carbocycles. The smallest absolute Gasteiger partial charge is 0.257 e. The van der Waals surface area contributed by atoms with Crippen LogP contribution in [0.25, 0.3) is 0 Å². The van der Waals surface area contributed by atoms with Crippen LogP contribution in [0, 0.1) is 6.92 Å². The zero-order chi connectivity index (χ0) is 10.7. The van der Waals surface area contributed by atoms with Gasteiger partial charge in [-0.15, -0.1) is 0 Å². The number of carbonyl (C=O) groups is 1. The van der Waals surface area contributed by atoms with Gasteiger partial charge in [-0.05, 0) is 24.6 Å². The molecule has 0 aromatic heterocycles. The quantitative estimate of drug-likeness (QED) is 0.803. The molecule has 0 radical (unpaired) electrons. The lowest BCUT2D eigenvalue weighted by molar-refractivity contribution is -0.114. The molecule has 1 rings (SSSR count). The molecule has 0 unspecified atom stereocenters. The van der Waals surface area contributed by atoms with Crippen molar-refractivity contribution < 1.29 is 4.79 Å². The molecule has 0 atom stereocenters. The molecule has 0 aliphatic rings. The Kier molecular flexibility index (Phi) is 4.05. The monoisotopic (exact) mass is 251 g/mol. The summed E-state index contributed by atoms with van der Waals surface area (Å²) in [4.78, 5) is 10.1. The van der Waals surface area contributed by atoms with Crippen LogP contribution in [0.3, 0.4) is 0 Å². The summed E-state index contributed by atoms with van der Waals surface area (Å²) in [6, 6.07) is 5.29. The van der Waals surface area contributed by atoms with Crippen LogP contribution in [0.2, 0.25) is 5.02 Å². The Morgan fingerprint density at radius 1 is 1.43 bits per heavy atom. The highest BCUT2D eigenvalue weighted by atomic mass is 35.5. The number of benzene rings is 1. The summed E-state index contributed by atoms with van der Waals surface area (Å²) in [6.45, 7) is 1.89. The van der Waals surface area contributed by atoms with Gasteiger partial charge in [0.1, 0.15) is 0 Å². The molecular weight excluding hydrogens is 244 g/mol. The fourth-order valence-electron chi connectivity index (χ4n) is 0.922. The molecular formula is C9H8Cl3NO. The van der Waals surface area contributed by atoms with Gasteiger partial charge in [0.05, 0.1) is 10.7 Å². The Balaban J connectivity index is 2.86. The Hall–Kier alpha value is -0.440. The van der Waals surface area contributed by atoms with Gasteiger partial charge in [-0.25, -0.2) is 0 Å². The van der Waals surface area contributed by atoms with E-state index in [0.29, 0.717) is 10.7 Å². The van der Waals surface area contributed by atoms with Gasteiger partial charge in [0, 0.05) is 0 Å². The highest BCUT2D eigenvalue weighted by Gasteiger charge is 2.12. The molecule has 0 saturated heterocycles. The molecule has 0 saturated carbocycles. The number of aryl methyl sites for hydroxylation is 1. The van der Waals surface area contributed by atoms with Gasteiger partial charge in [0.2, 0.25) is 0 Å². The van der Waals surface area contributed by atoms with E-state index in [-0.39, 0.29) is 0 Å². The van der Waals surface area contributed by atoms with E-state index in [2.05, 4.69) is 5.32 Å². The predicted molar refractivity (Wildman–Crippen MR) is 60.3 cm³/mol. The van der Waals surface area contributed by atoms with E-state index in [1.807, 2.05) is 13.0 Å². The van der Waals surface area contributed by atoms with Crippen molar-refractivity contribution in [2.75, 3.05) is 5.32 Å². The maximum absolute atomic E-state index is 11.1. The standard InChI is InChI=1S/C9H8Cl3NO/c1-5-2-3-6(10)7(4-5)13-9(14)8(11)12/h2-4,8H,1H3,(H,13,14). The van der Waals surface area contributed by atoms with Crippen molar-refractivity contribution in [3.63, 3.8) is 0 Å². The number of rotatable bonds is 2. The second-order valence-corrected chi connectivity index (χ2v) is 4.28. The summed E-state index contributed by atoms with van der Waals surface area (Å²) in [5.74, 6) is -0.485. The first-order chi connectivity index (χ1) is 6.50. The van der Waals surface area contributed by atoms with Crippen LogP contribution in [-0.2, 0) is 4.79 Å². The second-order valence-electron chi connectivity index (χ2n) is 2.77. The van der Waals surface area contributed by atoms with Crippen LogP contribution in [0.4, 0.5) is 5.69 Å². The number of amides is 1. The third-order valence-corrected chi connectivity index (χ3v) is 2.30. The van der Waals surface area contributed by atoms with Gasteiger partial charge < -0.3 is 5.32 Å². The Bertz CT molecular complexity index is 352. The van der Waals surface area contributed by atoms with E-state index in [4.69, 9.17) is 34.8 Å². The molecule has 2 nitrogen and oxygen atoms in total. The number of nitrogens with one attached hydrogen (secondary N) is 1. The number of carbonyl (C=O) groups excluding carboxylic acids is 1. The summed E-state index contributed by atoms with van der Waals surface area (Å²) in [5.41, 5.74) is 1.51. The lowest BCUT2D eigenvalue weighted by Gasteiger charge is -2.07. The SMILES string of the molecule is Cc1ccc(Cl)c(NC(=O)C(Cl)Cl)c1. The molecule has 0 heterocycles. The normalized spacial score (nSPS) is 10.4. The minimum Gasteiger partial charge on any atom is -0.322 e. The topological polar surface area (TPSA) is 29.1 Å². The summed E-state index contributed by atoms with van der Waals surface area (Å²) >= 11 is 16.6. The molecule has 0 aliphatic heterocycles. The first-order valence-electron chi connectivity index (χ1n) is 3.86. The van der Waals surface area contributed by atoms with Crippen molar-refractivity contribution in [3.8, 4) is 0 Å². The van der Waals surface area contributed by atoms with E-state index in [0.717, 1.165) is 5.56 Å². The summed E-state index contributed by atoms with van der Waals surface area (Å²) < 4.78 is 0. The summed E-state index contributed by atoms with van der Waals surface area (Å²) in [7, 11) is 0. The molecule has 1 aromatic rings. The number of halogens is 3. The minimum atomic E-state index is -1.09. The van der Waals surface area contributed by atoms with Crippen LogP contribution >= 0.6 is 34.8 Å². The Labute approximate surface area is 97.1 Å². The first kappa shape index (κ1) is 11.6. The van der Waals surface area contributed by atoms with E-state index >= 15 is 0 Å². The van der Waals surface area contributed by atoms with Crippen LogP contribution in [-0.4, -0.2) is 10.7 Å². The summed E-state index contributed by atoms with van der Waals surface area (Å²) in [6.07, 6.45) is 0. The van der Waals surface area contributed by atoms with Crippen molar-refractivity contribution in [2.45, 2.75) is 11.8 Å². The van der Waals surface area contributed by atoms with E-state index in [9.17, 15) is 4.79 Å². The van der Waals surface area contributed by atoms with Crippen molar-refractivity contribution in [2.24, 2.45) is 0 Å². The van der Waals surface area contributed by atoms with Crippen LogP contribution < -0.4 is 5.32 Å². The molecule has 0 spiro atoms. The molecule has 14 heavy (non-hydrogen) atoms. The second kappa shape index (κ2) is 4.87. The molecule has 76 valence electrons. The number of hydrogen-bond donors (Lipinski definition) is 1. The predicted octanol–water partition coefficient (Wildman–Crippen LogP) is 3.39. The Morgan fingerprint density at radius 3 is 2.64 bits per heavy atom. The fraction of sp³-hybridized carbons (Fsp3) is 0.222. The van der Waals surface area contributed by atoms with E-state index in [1.165, 1.54) is 0 Å². The zero-order valence-corrected chi connectivity index (χ0v) is 9.62. The highest BCUT2D eigenvalue weighted by molar-refractivity contribution is 6.54. The molecule has 5 heteroatoms. The van der Waals surface area contributed by atoms with Gasteiger partial charge in [-0.3, -0.25) is 4.79 Å². The van der Waals surface area contributed by atoms with Gasteiger partial charge >= 0.3 is 0 Å². The number of hydrogen-bond acceptors (Lipinski definition) is 1. The van der Waals surface area contributed by atoms with Crippen molar-refractivity contribution in [3.05, 3.63) is 28.8 Å². The van der Waals surface area contributed by atoms with Crippen molar-refractivity contribution in [1.29, 1.82) is 0 Å². The zero-order valence-electron chi connectivity index (χ0n) is 7.35. The maximum atomic E-state index is 11.1. The maximum Gasteiger partial charge on any atom is 0.257 e. The van der Waals surface area contributed by atoms with Crippen molar-refractivity contribution in [1.82, 2.24) is 0 Å². The number of anilines is 1. The third kappa shape index (κ3) is 3.05. The van der Waals surface area contributed by atoms with Gasteiger partial charge in [-0.1, -0.05) is 40.9 Å². The fourth-order valence-corrected chi connectivity index (χ4v) is 1.20. The lowest BCUT2D eigenvalue weighted by Crippen LogP contribution is -2.18. The molecule has 0 fully saturated rings. The Morgan fingerprint density at radius 2 is 2.07 bits per heavy atom. The van der Waals surface area contributed by atoms with Crippen LogP contribution in [0.15, 0.2) is 18.2 Å². The van der Waals surface area contributed by atoms with Crippen molar-refractivity contribution >= 4 is 46.4 Å². The minimum absolute atomic E-state index is 0.456. The average molecular weight is 253 g/mol. The first-order valence-corrected chi connectivity index (χ1v) is 5.11. The van der Waals surface area contributed by atoms with Gasteiger partial charge in [0.25, 0.3) is 5.91 Å². The van der Waals surface area contributed by atoms with Crippen LogP contribution in [0.5, 0.6) is 0 Å². The van der Waals surface area contributed by atoms with E-state index < -0.39 is 10.7 Å². The number of alkyl halides is 2. The van der Waals surface area contributed by atoms with Crippen LogP contribution in [0.1, 0.15) is 5.56 Å². The largest absolute Gasteiger partial charge is 0.322 e. The summed E-state index contributed by atoms with van der Waals surface area (Å²) in [5, 5.41) is 2.97. The molecule has 1 N–H and O–H groups in total. The molecule has 0 aliphatic carbocycles. The third-order valence-electron chi connectivity index (χ3n) is 1.58. The average Bonchev–Trinajstić information content (AvgIpc) is 2.11. The van der Waals surface area contributed by atoms with Gasteiger partial charge in [0.15, 0.2) is 4.84 Å². The molecule has 0 bridgehead atoms. The lowest BCUT2D eigenvalue weighted by atomic mass is 10.2.